The molecule has 1 aliphatic heterocycles. The molecule has 2 heterocycles. The zero-order valence-corrected chi connectivity index (χ0v) is 16.5. The first-order valence-corrected chi connectivity index (χ1v) is 9.18. The molecule has 1 atom stereocenters. The standard InChI is InChI=1S/C19H21FN8O3/c1-10(29)24-8-13-9-28(19(30)31-13)12-3-4-14(15(20)6-12)16-5-2-11(7-25-16)26-18(23)27-17(21)22/h2-7,13H,8-9H2,1H3,(H,24,29)(H6,21,22,23,26,27)/t13-/m0/s1. The number of rotatable bonds is 5. The fourth-order valence-electron chi connectivity index (χ4n) is 2.91. The predicted molar refractivity (Wildman–Crippen MR) is 112 cm³/mol. The summed E-state index contributed by atoms with van der Waals surface area (Å²) in [6.45, 7) is 1.74. The number of carbonyl (C=O) groups is 2. The van der Waals surface area contributed by atoms with E-state index >= 15 is 0 Å². The summed E-state index contributed by atoms with van der Waals surface area (Å²) < 4.78 is 19.9. The van der Waals surface area contributed by atoms with Gasteiger partial charge >= 0.3 is 6.09 Å². The van der Waals surface area contributed by atoms with Crippen molar-refractivity contribution in [3.05, 3.63) is 42.3 Å². The molecule has 12 heteroatoms. The zero-order chi connectivity index (χ0) is 22.5. The summed E-state index contributed by atoms with van der Waals surface area (Å²) in [6.07, 6.45) is 0.276. The van der Waals surface area contributed by atoms with E-state index in [1.54, 1.807) is 18.2 Å². The van der Waals surface area contributed by atoms with E-state index in [9.17, 15) is 14.0 Å². The van der Waals surface area contributed by atoms with E-state index in [-0.39, 0.29) is 36.5 Å². The molecule has 7 N–H and O–H groups in total. The maximum absolute atomic E-state index is 14.7. The Kier molecular flexibility index (Phi) is 6.29. The average molecular weight is 428 g/mol. The molecule has 1 saturated heterocycles. The number of aromatic nitrogens is 1. The Labute approximate surface area is 176 Å². The molecule has 3 rings (SSSR count). The molecule has 1 aliphatic rings. The molecule has 31 heavy (non-hydrogen) atoms. The molecule has 0 spiro atoms. The van der Waals surface area contributed by atoms with Crippen molar-refractivity contribution in [1.29, 1.82) is 10.8 Å². The number of guanidine groups is 2. The van der Waals surface area contributed by atoms with Gasteiger partial charge in [-0.2, -0.15) is 0 Å². The number of amides is 2. The molecule has 11 nitrogen and oxygen atoms in total. The Morgan fingerprint density at radius 3 is 2.74 bits per heavy atom. The van der Waals surface area contributed by atoms with Crippen LogP contribution in [-0.2, 0) is 9.53 Å². The number of cyclic esters (lactones) is 1. The van der Waals surface area contributed by atoms with E-state index in [1.165, 1.54) is 30.2 Å². The number of carbonyl (C=O) groups excluding carboxylic acids is 2. The highest BCUT2D eigenvalue weighted by Gasteiger charge is 2.32. The van der Waals surface area contributed by atoms with Gasteiger partial charge in [0.15, 0.2) is 11.9 Å². The van der Waals surface area contributed by atoms with Crippen LogP contribution in [0.3, 0.4) is 0 Å². The Morgan fingerprint density at radius 2 is 2.13 bits per heavy atom. The van der Waals surface area contributed by atoms with Crippen molar-refractivity contribution in [3.63, 3.8) is 0 Å². The Morgan fingerprint density at radius 1 is 1.35 bits per heavy atom. The summed E-state index contributed by atoms with van der Waals surface area (Å²) in [7, 11) is 0. The van der Waals surface area contributed by atoms with Crippen molar-refractivity contribution in [2.24, 2.45) is 5.73 Å². The second kappa shape index (κ2) is 9.07. The minimum atomic E-state index is -0.613. The van der Waals surface area contributed by atoms with Gasteiger partial charge in [0.1, 0.15) is 11.9 Å². The van der Waals surface area contributed by atoms with Crippen LogP contribution in [-0.4, -0.2) is 48.1 Å². The van der Waals surface area contributed by atoms with E-state index in [4.69, 9.17) is 21.3 Å². The van der Waals surface area contributed by atoms with E-state index in [0.29, 0.717) is 17.1 Å². The van der Waals surface area contributed by atoms with Crippen LogP contribution in [0, 0.1) is 16.6 Å². The number of anilines is 2. The van der Waals surface area contributed by atoms with Crippen molar-refractivity contribution >= 4 is 35.3 Å². The summed E-state index contributed by atoms with van der Waals surface area (Å²) in [5, 5.41) is 22.2. The number of hydrogen-bond donors (Lipinski definition) is 6. The summed E-state index contributed by atoms with van der Waals surface area (Å²) in [4.78, 5) is 28.6. The molecule has 1 fully saturated rings. The molecule has 0 unspecified atom stereocenters. The SMILES string of the molecule is CC(=O)NC[C@H]1CN(c2ccc(-c3ccc(NC(=N)NC(=N)N)cn3)c(F)c2)C(=O)O1. The number of halogens is 1. The van der Waals surface area contributed by atoms with Gasteiger partial charge in [-0.1, -0.05) is 0 Å². The number of pyridine rings is 1. The van der Waals surface area contributed by atoms with Crippen LogP contribution in [0.2, 0.25) is 0 Å². The quantitative estimate of drug-likeness (QED) is 0.307. The van der Waals surface area contributed by atoms with Gasteiger partial charge in [-0.3, -0.25) is 30.8 Å². The maximum Gasteiger partial charge on any atom is 0.414 e. The molecule has 0 saturated carbocycles. The minimum absolute atomic E-state index is 0.182. The molecule has 2 aromatic rings. The summed E-state index contributed by atoms with van der Waals surface area (Å²) in [5.74, 6) is -1.39. The van der Waals surface area contributed by atoms with Crippen LogP contribution in [0.15, 0.2) is 36.5 Å². The average Bonchev–Trinajstić information content (AvgIpc) is 3.07. The third kappa shape index (κ3) is 5.44. The predicted octanol–water partition coefficient (Wildman–Crippen LogP) is 1.18. The first-order valence-electron chi connectivity index (χ1n) is 9.18. The van der Waals surface area contributed by atoms with Gasteiger partial charge in [-0.15, -0.1) is 0 Å². The molecule has 2 amide bonds. The van der Waals surface area contributed by atoms with Gasteiger partial charge in [0.2, 0.25) is 5.91 Å². The van der Waals surface area contributed by atoms with Crippen molar-refractivity contribution in [1.82, 2.24) is 15.6 Å². The summed E-state index contributed by atoms with van der Waals surface area (Å²) in [5.41, 5.74) is 6.52. The van der Waals surface area contributed by atoms with Crippen LogP contribution >= 0.6 is 0 Å². The normalized spacial score (nSPS) is 15.2. The lowest BCUT2D eigenvalue weighted by atomic mass is 10.1. The topological polar surface area (TPSA) is 169 Å². The zero-order valence-electron chi connectivity index (χ0n) is 16.5. The largest absolute Gasteiger partial charge is 0.442 e. The summed E-state index contributed by atoms with van der Waals surface area (Å²) >= 11 is 0. The third-order valence-corrected chi connectivity index (χ3v) is 4.29. The van der Waals surface area contributed by atoms with Gasteiger partial charge in [-0.25, -0.2) is 9.18 Å². The molecular weight excluding hydrogens is 407 g/mol. The minimum Gasteiger partial charge on any atom is -0.442 e. The van der Waals surface area contributed by atoms with E-state index in [1.807, 2.05) is 0 Å². The van der Waals surface area contributed by atoms with Crippen LogP contribution < -0.4 is 26.6 Å². The second-order valence-corrected chi connectivity index (χ2v) is 6.69. The van der Waals surface area contributed by atoms with Crippen LogP contribution in [0.4, 0.5) is 20.6 Å². The van der Waals surface area contributed by atoms with Gasteiger partial charge in [-0.05, 0) is 30.3 Å². The van der Waals surface area contributed by atoms with Gasteiger partial charge < -0.3 is 21.1 Å². The molecule has 0 radical (unpaired) electrons. The fraction of sp³-hybridized carbons (Fsp3) is 0.211. The van der Waals surface area contributed by atoms with E-state index in [2.05, 4.69) is 20.9 Å². The van der Waals surface area contributed by atoms with Crippen LogP contribution in [0.25, 0.3) is 11.3 Å². The number of benzene rings is 1. The Bertz CT molecular complexity index is 1030. The fourth-order valence-corrected chi connectivity index (χ4v) is 2.91. The lowest BCUT2D eigenvalue weighted by Gasteiger charge is -2.14. The summed E-state index contributed by atoms with van der Waals surface area (Å²) in [6, 6.07) is 7.47. The van der Waals surface area contributed by atoms with Gasteiger partial charge in [0.05, 0.1) is 36.4 Å². The highest BCUT2D eigenvalue weighted by molar-refractivity contribution is 6.02. The second-order valence-electron chi connectivity index (χ2n) is 6.69. The first kappa shape index (κ1) is 21.5. The smallest absolute Gasteiger partial charge is 0.414 e. The Hall–Kier alpha value is -4.22. The lowest BCUT2D eigenvalue weighted by Crippen LogP contribution is -2.39. The molecule has 1 aromatic heterocycles. The molecule has 0 bridgehead atoms. The van der Waals surface area contributed by atoms with Crippen molar-refractivity contribution in [2.45, 2.75) is 13.0 Å². The highest BCUT2D eigenvalue weighted by Crippen LogP contribution is 2.28. The number of nitrogens with one attached hydrogen (secondary N) is 5. The number of ether oxygens (including phenoxy) is 1. The first-order chi connectivity index (χ1) is 14.7. The van der Waals surface area contributed by atoms with Crippen LogP contribution in [0.1, 0.15) is 6.92 Å². The molecule has 0 aliphatic carbocycles. The van der Waals surface area contributed by atoms with Crippen molar-refractivity contribution < 1.29 is 18.7 Å². The molecular formula is C19H21FN8O3. The number of hydrogen-bond acceptors (Lipinski definition) is 6. The third-order valence-electron chi connectivity index (χ3n) is 4.29. The van der Waals surface area contributed by atoms with Gasteiger partial charge in [0, 0.05) is 12.5 Å². The van der Waals surface area contributed by atoms with E-state index < -0.39 is 18.0 Å². The van der Waals surface area contributed by atoms with Crippen molar-refractivity contribution in [3.8, 4) is 11.3 Å². The lowest BCUT2D eigenvalue weighted by molar-refractivity contribution is -0.119. The van der Waals surface area contributed by atoms with E-state index in [0.717, 1.165) is 0 Å². The molecule has 1 aromatic carbocycles. The monoisotopic (exact) mass is 428 g/mol. The van der Waals surface area contributed by atoms with Crippen molar-refractivity contribution in [2.75, 3.05) is 23.3 Å². The highest BCUT2D eigenvalue weighted by atomic mass is 19.1. The van der Waals surface area contributed by atoms with Crippen LogP contribution in [0.5, 0.6) is 0 Å². The number of nitrogens with zero attached hydrogens (tertiary/aromatic N) is 2. The van der Waals surface area contributed by atoms with Gasteiger partial charge in [0.25, 0.3) is 0 Å². The maximum atomic E-state index is 14.7. The Balaban J connectivity index is 1.69. The number of nitrogens with two attached hydrogens (primary N) is 1. The molecule has 162 valence electrons.